The number of phenols is 2. The molecule has 26 heavy (non-hydrogen) atoms. The van der Waals surface area contributed by atoms with Crippen molar-refractivity contribution in [1.29, 1.82) is 0 Å². The molecule has 2 rings (SSSR count). The number of hydrogen-bond acceptors (Lipinski definition) is 4. The molecule has 2 aromatic carbocycles. The van der Waals surface area contributed by atoms with Crippen LogP contribution in [0.15, 0.2) is 60.7 Å². The highest BCUT2D eigenvalue weighted by Gasteiger charge is 2.12. The number of phenolic OH excluding ortho intramolecular Hbond substituents is 2. The van der Waals surface area contributed by atoms with Crippen LogP contribution in [0.5, 0.6) is 11.5 Å². The van der Waals surface area contributed by atoms with Crippen LogP contribution in [0, 0.1) is 0 Å². The molecule has 0 spiro atoms. The summed E-state index contributed by atoms with van der Waals surface area (Å²) in [7, 11) is 0. The molecule has 0 radical (unpaired) electrons. The van der Waals surface area contributed by atoms with Gasteiger partial charge in [0.25, 0.3) is 0 Å². The van der Waals surface area contributed by atoms with E-state index in [1.54, 1.807) is 12.1 Å². The number of rotatable bonds is 10. The molecule has 0 atom stereocenters. The van der Waals surface area contributed by atoms with Crippen molar-refractivity contribution in [1.82, 2.24) is 9.80 Å². The smallest absolute Gasteiger partial charge is 0.120 e. The third-order valence-electron chi connectivity index (χ3n) is 4.44. The zero-order valence-electron chi connectivity index (χ0n) is 15.9. The first kappa shape index (κ1) is 20.0. The largest absolute Gasteiger partial charge is 0.508 e. The van der Waals surface area contributed by atoms with E-state index in [4.69, 9.17) is 0 Å². The van der Waals surface area contributed by atoms with E-state index in [1.165, 1.54) is 0 Å². The van der Waals surface area contributed by atoms with Crippen LogP contribution < -0.4 is 0 Å². The quantitative estimate of drug-likeness (QED) is 0.633. The van der Waals surface area contributed by atoms with Crippen LogP contribution in [0.2, 0.25) is 0 Å². The van der Waals surface area contributed by atoms with E-state index < -0.39 is 0 Å². The van der Waals surface area contributed by atoms with Gasteiger partial charge in [0.05, 0.1) is 0 Å². The normalized spacial score (nSPS) is 11.2. The van der Waals surface area contributed by atoms with Gasteiger partial charge in [0.15, 0.2) is 0 Å². The van der Waals surface area contributed by atoms with Gasteiger partial charge in [0, 0.05) is 43.9 Å². The topological polar surface area (TPSA) is 46.9 Å². The SMILES string of the molecule is C=C(C)CN(CCN(CC)Cc1ccccc1O)Cc1ccccc1O. The molecule has 0 heterocycles. The lowest BCUT2D eigenvalue weighted by Gasteiger charge is -2.27. The zero-order valence-corrected chi connectivity index (χ0v) is 15.9. The summed E-state index contributed by atoms with van der Waals surface area (Å²) in [6, 6.07) is 15.0. The summed E-state index contributed by atoms with van der Waals surface area (Å²) in [4.78, 5) is 4.61. The Kier molecular flexibility index (Phi) is 7.70. The molecule has 0 aliphatic heterocycles. The number of aromatic hydroxyl groups is 2. The monoisotopic (exact) mass is 354 g/mol. The Morgan fingerprint density at radius 2 is 1.31 bits per heavy atom. The summed E-state index contributed by atoms with van der Waals surface area (Å²) in [5.74, 6) is 0.680. The molecule has 140 valence electrons. The molecular weight excluding hydrogens is 324 g/mol. The molecule has 0 saturated heterocycles. The predicted octanol–water partition coefficient (Wildman–Crippen LogP) is 4.00. The molecule has 0 unspecified atom stereocenters. The highest BCUT2D eigenvalue weighted by Crippen LogP contribution is 2.19. The molecule has 0 aromatic heterocycles. The van der Waals surface area contributed by atoms with Crippen LogP contribution in [0.1, 0.15) is 25.0 Å². The second-order valence-electron chi connectivity index (χ2n) is 6.79. The molecule has 0 amide bonds. The van der Waals surface area contributed by atoms with Gasteiger partial charge in [0.1, 0.15) is 11.5 Å². The van der Waals surface area contributed by atoms with Crippen LogP contribution in [-0.2, 0) is 13.1 Å². The van der Waals surface area contributed by atoms with Gasteiger partial charge < -0.3 is 10.2 Å². The minimum Gasteiger partial charge on any atom is -0.508 e. The number of benzene rings is 2. The van der Waals surface area contributed by atoms with E-state index in [1.807, 2.05) is 43.3 Å². The van der Waals surface area contributed by atoms with E-state index in [9.17, 15) is 10.2 Å². The molecule has 2 N–H and O–H groups in total. The van der Waals surface area contributed by atoms with Crippen molar-refractivity contribution in [3.8, 4) is 11.5 Å². The maximum Gasteiger partial charge on any atom is 0.120 e. The Morgan fingerprint density at radius 1 is 0.846 bits per heavy atom. The van der Waals surface area contributed by atoms with Crippen molar-refractivity contribution in [3.63, 3.8) is 0 Å². The number of para-hydroxylation sites is 2. The third-order valence-corrected chi connectivity index (χ3v) is 4.44. The van der Waals surface area contributed by atoms with E-state index in [2.05, 4.69) is 23.3 Å². The summed E-state index contributed by atoms with van der Waals surface area (Å²) < 4.78 is 0. The van der Waals surface area contributed by atoms with Gasteiger partial charge in [-0.1, -0.05) is 55.5 Å². The Hall–Kier alpha value is -2.30. The number of hydrogen-bond donors (Lipinski definition) is 2. The molecule has 2 aromatic rings. The van der Waals surface area contributed by atoms with Gasteiger partial charge in [0.2, 0.25) is 0 Å². The summed E-state index contributed by atoms with van der Waals surface area (Å²) >= 11 is 0. The minimum atomic E-state index is 0.334. The van der Waals surface area contributed by atoms with Crippen molar-refractivity contribution >= 4 is 0 Å². The molecule has 0 saturated carbocycles. The lowest BCUT2D eigenvalue weighted by molar-refractivity contribution is 0.206. The van der Waals surface area contributed by atoms with Gasteiger partial charge in [-0.15, -0.1) is 0 Å². The molecule has 0 bridgehead atoms. The number of likely N-dealkylation sites (N-methyl/N-ethyl adjacent to an activating group) is 1. The molecule has 0 aliphatic carbocycles. The number of nitrogens with zero attached hydrogens (tertiary/aromatic N) is 2. The van der Waals surface area contributed by atoms with Gasteiger partial charge in [-0.05, 0) is 25.6 Å². The van der Waals surface area contributed by atoms with Crippen molar-refractivity contribution in [2.24, 2.45) is 0 Å². The highest BCUT2D eigenvalue weighted by molar-refractivity contribution is 5.32. The Labute approximate surface area is 157 Å². The van der Waals surface area contributed by atoms with Gasteiger partial charge in [-0.25, -0.2) is 0 Å². The fourth-order valence-corrected chi connectivity index (χ4v) is 3.00. The first-order valence-electron chi connectivity index (χ1n) is 9.12. The zero-order chi connectivity index (χ0) is 18.9. The van der Waals surface area contributed by atoms with E-state index in [-0.39, 0.29) is 0 Å². The van der Waals surface area contributed by atoms with Crippen LogP contribution in [0.4, 0.5) is 0 Å². The first-order chi connectivity index (χ1) is 12.5. The van der Waals surface area contributed by atoms with E-state index >= 15 is 0 Å². The lowest BCUT2D eigenvalue weighted by atomic mass is 10.1. The Bertz CT molecular complexity index is 715. The van der Waals surface area contributed by atoms with Crippen molar-refractivity contribution in [2.45, 2.75) is 26.9 Å². The molecule has 0 aliphatic rings. The second kappa shape index (κ2) is 10.00. The lowest BCUT2D eigenvalue weighted by Crippen LogP contribution is -2.35. The molecule has 4 nitrogen and oxygen atoms in total. The first-order valence-corrected chi connectivity index (χ1v) is 9.12. The van der Waals surface area contributed by atoms with Crippen LogP contribution >= 0.6 is 0 Å². The molecular formula is C22H30N2O2. The fraction of sp³-hybridized carbons (Fsp3) is 0.364. The standard InChI is InChI=1S/C22H30N2O2/c1-4-23(16-19-9-5-7-11-21(19)25)13-14-24(15-18(2)3)17-20-10-6-8-12-22(20)26/h5-12,25-26H,2,4,13-17H2,1,3H3. The van der Waals surface area contributed by atoms with Gasteiger partial charge >= 0.3 is 0 Å². The van der Waals surface area contributed by atoms with Crippen LogP contribution in [0.25, 0.3) is 0 Å². The summed E-state index contributed by atoms with van der Waals surface area (Å²) in [5, 5.41) is 20.1. The molecule has 4 heteroatoms. The third kappa shape index (κ3) is 6.21. The summed E-state index contributed by atoms with van der Waals surface area (Å²) in [6.45, 7) is 13.0. The van der Waals surface area contributed by atoms with Crippen molar-refractivity contribution < 1.29 is 10.2 Å². The maximum absolute atomic E-state index is 10.1. The van der Waals surface area contributed by atoms with E-state index in [0.717, 1.165) is 49.4 Å². The summed E-state index contributed by atoms with van der Waals surface area (Å²) in [5.41, 5.74) is 2.98. The van der Waals surface area contributed by atoms with Crippen LogP contribution in [0.3, 0.4) is 0 Å². The molecule has 0 fully saturated rings. The highest BCUT2D eigenvalue weighted by atomic mass is 16.3. The second-order valence-corrected chi connectivity index (χ2v) is 6.79. The Balaban J connectivity index is 1.99. The van der Waals surface area contributed by atoms with E-state index in [0.29, 0.717) is 18.0 Å². The predicted molar refractivity (Wildman–Crippen MR) is 107 cm³/mol. The average Bonchev–Trinajstić information content (AvgIpc) is 2.61. The van der Waals surface area contributed by atoms with Crippen LogP contribution in [-0.4, -0.2) is 46.2 Å². The van der Waals surface area contributed by atoms with Crippen molar-refractivity contribution in [3.05, 3.63) is 71.8 Å². The van der Waals surface area contributed by atoms with Gasteiger partial charge in [-0.2, -0.15) is 0 Å². The Morgan fingerprint density at radius 3 is 1.77 bits per heavy atom. The average molecular weight is 354 g/mol. The minimum absolute atomic E-state index is 0.334. The fourth-order valence-electron chi connectivity index (χ4n) is 3.00. The van der Waals surface area contributed by atoms with Gasteiger partial charge in [-0.3, -0.25) is 9.80 Å². The summed E-state index contributed by atoms with van der Waals surface area (Å²) in [6.07, 6.45) is 0. The van der Waals surface area contributed by atoms with Crippen molar-refractivity contribution in [2.75, 3.05) is 26.2 Å². The maximum atomic E-state index is 10.1.